The van der Waals surface area contributed by atoms with Crippen LogP contribution in [0.2, 0.25) is 5.02 Å². The van der Waals surface area contributed by atoms with Gasteiger partial charge in [-0.05, 0) is 43.5 Å². The van der Waals surface area contributed by atoms with Crippen LogP contribution in [0.3, 0.4) is 0 Å². The Morgan fingerprint density at radius 3 is 3.00 bits per heavy atom. The lowest BCUT2D eigenvalue weighted by Gasteiger charge is -2.32. The number of fused-ring (bicyclic) bond motifs is 1. The van der Waals surface area contributed by atoms with E-state index in [0.717, 1.165) is 28.2 Å². The van der Waals surface area contributed by atoms with Crippen LogP contribution in [0, 0.1) is 5.92 Å². The van der Waals surface area contributed by atoms with Gasteiger partial charge in [0.1, 0.15) is 0 Å². The molecule has 4 heteroatoms. The van der Waals surface area contributed by atoms with Gasteiger partial charge in [0.15, 0.2) is 0 Å². The molecule has 1 aliphatic carbocycles. The molecule has 1 aliphatic rings. The molecule has 3 nitrogen and oxygen atoms in total. The van der Waals surface area contributed by atoms with E-state index in [1.165, 1.54) is 25.7 Å². The number of nitrogens with two attached hydrogens (primary N) is 1. The normalized spacial score (nSPS) is 22.9. The molecule has 106 valence electrons. The van der Waals surface area contributed by atoms with E-state index in [2.05, 4.69) is 10.3 Å². The van der Waals surface area contributed by atoms with Crippen molar-refractivity contribution in [3.8, 4) is 0 Å². The Balaban J connectivity index is 1.93. The first-order chi connectivity index (χ1) is 9.78. The highest BCUT2D eigenvalue weighted by molar-refractivity contribution is 6.31. The highest BCUT2D eigenvalue weighted by Crippen LogP contribution is 2.31. The van der Waals surface area contributed by atoms with Gasteiger partial charge in [0.2, 0.25) is 0 Å². The second kappa shape index (κ2) is 5.98. The van der Waals surface area contributed by atoms with Crippen LogP contribution in [-0.2, 0) is 0 Å². The number of rotatable bonds is 3. The molecule has 2 atom stereocenters. The third-order valence-corrected chi connectivity index (χ3v) is 4.44. The van der Waals surface area contributed by atoms with Crippen molar-refractivity contribution >= 4 is 28.2 Å². The lowest BCUT2D eigenvalue weighted by Crippen LogP contribution is -2.36. The molecular formula is C16H20ClN3. The van der Waals surface area contributed by atoms with Gasteiger partial charge in [-0.1, -0.05) is 30.5 Å². The van der Waals surface area contributed by atoms with Crippen molar-refractivity contribution in [2.45, 2.75) is 31.7 Å². The molecular weight excluding hydrogens is 270 g/mol. The fourth-order valence-corrected chi connectivity index (χ4v) is 3.37. The van der Waals surface area contributed by atoms with Crippen LogP contribution >= 0.6 is 11.6 Å². The molecule has 0 saturated heterocycles. The minimum atomic E-state index is 0.428. The second-order valence-corrected chi connectivity index (χ2v) is 6.00. The Kier molecular flexibility index (Phi) is 4.08. The van der Waals surface area contributed by atoms with Crippen LogP contribution in [0.5, 0.6) is 0 Å². The first-order valence-corrected chi connectivity index (χ1v) is 7.66. The minimum absolute atomic E-state index is 0.428. The van der Waals surface area contributed by atoms with E-state index in [9.17, 15) is 0 Å². The number of hydrogen-bond donors (Lipinski definition) is 2. The molecule has 1 fully saturated rings. The molecule has 3 rings (SSSR count). The van der Waals surface area contributed by atoms with Crippen molar-refractivity contribution in [3.63, 3.8) is 0 Å². The average molecular weight is 290 g/mol. The van der Waals surface area contributed by atoms with E-state index >= 15 is 0 Å². The minimum Gasteiger partial charge on any atom is -0.380 e. The SMILES string of the molecule is NCC1CCCCC1Nc1cc(Cl)cc2cccnc12. The van der Waals surface area contributed by atoms with E-state index in [4.69, 9.17) is 17.3 Å². The van der Waals surface area contributed by atoms with Gasteiger partial charge in [0.05, 0.1) is 11.2 Å². The maximum absolute atomic E-state index is 6.22. The van der Waals surface area contributed by atoms with Crippen molar-refractivity contribution < 1.29 is 0 Å². The van der Waals surface area contributed by atoms with E-state index in [0.29, 0.717) is 12.0 Å². The Morgan fingerprint density at radius 1 is 1.30 bits per heavy atom. The number of pyridine rings is 1. The fraction of sp³-hybridized carbons (Fsp3) is 0.438. The summed E-state index contributed by atoms with van der Waals surface area (Å²) in [6.45, 7) is 0.740. The topological polar surface area (TPSA) is 50.9 Å². The van der Waals surface area contributed by atoms with Crippen molar-refractivity contribution in [2.75, 3.05) is 11.9 Å². The predicted molar refractivity (Wildman–Crippen MR) is 85.2 cm³/mol. The zero-order valence-electron chi connectivity index (χ0n) is 11.5. The van der Waals surface area contributed by atoms with E-state index in [1.54, 1.807) is 0 Å². The molecule has 1 aromatic carbocycles. The quantitative estimate of drug-likeness (QED) is 0.903. The predicted octanol–water partition coefficient (Wildman–Crippen LogP) is 3.82. The lowest BCUT2D eigenvalue weighted by molar-refractivity contribution is 0.333. The first-order valence-electron chi connectivity index (χ1n) is 7.29. The van der Waals surface area contributed by atoms with Crippen LogP contribution in [0.25, 0.3) is 10.9 Å². The third-order valence-electron chi connectivity index (χ3n) is 4.22. The Hall–Kier alpha value is -1.32. The van der Waals surface area contributed by atoms with Crippen LogP contribution in [0.1, 0.15) is 25.7 Å². The van der Waals surface area contributed by atoms with Crippen LogP contribution in [0.15, 0.2) is 30.5 Å². The molecule has 2 unspecified atom stereocenters. The Labute approximate surface area is 124 Å². The molecule has 3 N–H and O–H groups in total. The molecule has 1 aromatic heterocycles. The maximum atomic E-state index is 6.22. The molecule has 0 spiro atoms. The number of benzene rings is 1. The zero-order chi connectivity index (χ0) is 13.9. The van der Waals surface area contributed by atoms with Gasteiger partial charge < -0.3 is 11.1 Å². The lowest BCUT2D eigenvalue weighted by atomic mass is 9.84. The standard InChI is InChI=1S/C16H20ClN3/c17-13-8-11-5-3-7-19-16(11)15(9-13)20-14-6-2-1-4-12(14)10-18/h3,5,7-9,12,14,20H,1-2,4,6,10,18H2. The van der Waals surface area contributed by atoms with Crippen molar-refractivity contribution in [2.24, 2.45) is 11.7 Å². The molecule has 20 heavy (non-hydrogen) atoms. The molecule has 2 aromatic rings. The number of hydrogen-bond acceptors (Lipinski definition) is 3. The number of nitrogens with zero attached hydrogens (tertiary/aromatic N) is 1. The van der Waals surface area contributed by atoms with Crippen molar-refractivity contribution in [1.82, 2.24) is 4.98 Å². The summed E-state index contributed by atoms with van der Waals surface area (Å²) in [5.41, 5.74) is 7.92. The first kappa shape index (κ1) is 13.7. The summed E-state index contributed by atoms with van der Waals surface area (Å²) < 4.78 is 0. The monoisotopic (exact) mass is 289 g/mol. The highest BCUT2D eigenvalue weighted by Gasteiger charge is 2.24. The van der Waals surface area contributed by atoms with Crippen molar-refractivity contribution in [1.29, 1.82) is 0 Å². The van der Waals surface area contributed by atoms with Gasteiger partial charge in [0.25, 0.3) is 0 Å². The number of anilines is 1. The number of nitrogens with one attached hydrogen (secondary N) is 1. The summed E-state index contributed by atoms with van der Waals surface area (Å²) in [5, 5.41) is 5.45. The maximum Gasteiger partial charge on any atom is 0.0934 e. The largest absolute Gasteiger partial charge is 0.380 e. The smallest absolute Gasteiger partial charge is 0.0934 e. The summed E-state index contributed by atoms with van der Waals surface area (Å²) in [7, 11) is 0. The van der Waals surface area contributed by atoms with Gasteiger partial charge in [-0.3, -0.25) is 4.98 Å². The Morgan fingerprint density at radius 2 is 2.15 bits per heavy atom. The average Bonchev–Trinajstić information content (AvgIpc) is 2.47. The van der Waals surface area contributed by atoms with Gasteiger partial charge in [-0.2, -0.15) is 0 Å². The summed E-state index contributed by atoms with van der Waals surface area (Å²) in [6, 6.07) is 8.33. The van der Waals surface area contributed by atoms with E-state index in [1.807, 2.05) is 30.5 Å². The molecule has 0 amide bonds. The zero-order valence-corrected chi connectivity index (χ0v) is 12.2. The van der Waals surface area contributed by atoms with Crippen LogP contribution in [0.4, 0.5) is 5.69 Å². The third kappa shape index (κ3) is 2.74. The fourth-order valence-electron chi connectivity index (χ4n) is 3.15. The second-order valence-electron chi connectivity index (χ2n) is 5.56. The molecule has 0 aliphatic heterocycles. The summed E-state index contributed by atoms with van der Waals surface area (Å²) in [6.07, 6.45) is 6.75. The van der Waals surface area contributed by atoms with Gasteiger partial charge >= 0.3 is 0 Å². The van der Waals surface area contributed by atoms with E-state index < -0.39 is 0 Å². The molecule has 0 radical (unpaired) electrons. The summed E-state index contributed by atoms with van der Waals surface area (Å²) >= 11 is 6.22. The van der Waals surface area contributed by atoms with Gasteiger partial charge in [-0.15, -0.1) is 0 Å². The van der Waals surface area contributed by atoms with Crippen molar-refractivity contribution in [3.05, 3.63) is 35.5 Å². The molecule has 0 bridgehead atoms. The number of aromatic nitrogens is 1. The van der Waals surface area contributed by atoms with E-state index in [-0.39, 0.29) is 0 Å². The molecule has 1 saturated carbocycles. The van der Waals surface area contributed by atoms with Crippen LogP contribution < -0.4 is 11.1 Å². The molecule has 1 heterocycles. The number of halogens is 1. The van der Waals surface area contributed by atoms with Gasteiger partial charge in [-0.25, -0.2) is 0 Å². The Bertz CT molecular complexity index is 599. The van der Waals surface area contributed by atoms with Gasteiger partial charge in [0, 0.05) is 22.6 Å². The summed E-state index contributed by atoms with van der Waals surface area (Å²) in [5.74, 6) is 0.543. The van der Waals surface area contributed by atoms with Crippen LogP contribution in [-0.4, -0.2) is 17.6 Å². The highest BCUT2D eigenvalue weighted by atomic mass is 35.5. The summed E-state index contributed by atoms with van der Waals surface area (Å²) in [4.78, 5) is 4.49.